The third-order valence-corrected chi connectivity index (χ3v) is 6.93. The number of carbonyl (C=O) groups excluding carboxylic acids is 1. The molecule has 2 aromatic rings. The lowest BCUT2D eigenvalue weighted by atomic mass is 10.0. The standard InChI is InChI=1S/C20H23N5OS2/c1-2-3-7-20(22-23-20)8-6-19(26)25-11-9-24(10-12-25)14-18-21-16(15-28-18)17-5-4-13-27-17/h1,4-5,13,15H,3,6-12,14H2. The van der Waals surface area contributed by atoms with Gasteiger partial charge in [0.1, 0.15) is 5.01 Å². The quantitative estimate of drug-likeness (QED) is 0.617. The van der Waals surface area contributed by atoms with Crippen LogP contribution in [0.4, 0.5) is 0 Å². The van der Waals surface area contributed by atoms with E-state index >= 15 is 0 Å². The normalized spacial score (nSPS) is 18.2. The summed E-state index contributed by atoms with van der Waals surface area (Å²) in [6.07, 6.45) is 7.90. The predicted octanol–water partition coefficient (Wildman–Crippen LogP) is 3.87. The molecule has 6 nitrogen and oxygen atoms in total. The largest absolute Gasteiger partial charge is 0.340 e. The molecule has 0 atom stereocenters. The van der Waals surface area contributed by atoms with Crippen molar-refractivity contribution in [2.24, 2.45) is 10.2 Å². The minimum Gasteiger partial charge on any atom is -0.340 e. The first-order chi connectivity index (χ1) is 13.7. The second kappa shape index (κ2) is 8.52. The van der Waals surface area contributed by atoms with Crippen LogP contribution >= 0.6 is 22.7 Å². The number of terminal acetylenes is 1. The number of carbonyl (C=O) groups is 1. The highest BCUT2D eigenvalue weighted by atomic mass is 32.1. The third kappa shape index (κ3) is 4.66. The summed E-state index contributed by atoms with van der Waals surface area (Å²) in [7, 11) is 0. The van der Waals surface area contributed by atoms with Gasteiger partial charge < -0.3 is 4.90 Å². The molecule has 8 heteroatoms. The monoisotopic (exact) mass is 413 g/mol. The summed E-state index contributed by atoms with van der Waals surface area (Å²) < 4.78 is 0. The Morgan fingerprint density at radius 2 is 2.04 bits per heavy atom. The zero-order chi connectivity index (χ0) is 19.4. The Balaban J connectivity index is 1.20. The minimum absolute atomic E-state index is 0.200. The molecule has 0 radical (unpaired) electrons. The SMILES string of the molecule is C#CCCC1(CCC(=O)N2CCN(Cc3nc(-c4cccs4)cs3)CC2)N=N1. The smallest absolute Gasteiger partial charge is 0.222 e. The van der Waals surface area contributed by atoms with E-state index in [0.29, 0.717) is 19.3 Å². The van der Waals surface area contributed by atoms with Crippen molar-refractivity contribution >= 4 is 28.6 Å². The average molecular weight is 414 g/mol. The number of nitrogens with zero attached hydrogens (tertiary/aromatic N) is 5. The van der Waals surface area contributed by atoms with Gasteiger partial charge in [0.15, 0.2) is 5.66 Å². The molecule has 4 heterocycles. The maximum atomic E-state index is 12.5. The molecule has 2 aliphatic heterocycles. The number of amides is 1. The van der Waals surface area contributed by atoms with E-state index in [1.807, 2.05) is 4.90 Å². The first-order valence-electron chi connectivity index (χ1n) is 9.53. The summed E-state index contributed by atoms with van der Waals surface area (Å²) in [5.41, 5.74) is 0.702. The Bertz CT molecular complexity index is 869. The number of thiophene rings is 1. The highest BCUT2D eigenvalue weighted by Crippen LogP contribution is 2.37. The van der Waals surface area contributed by atoms with Gasteiger partial charge in [0.25, 0.3) is 0 Å². The molecule has 0 saturated carbocycles. The summed E-state index contributed by atoms with van der Waals surface area (Å²) in [6.45, 7) is 4.17. The number of rotatable bonds is 8. The fourth-order valence-corrected chi connectivity index (χ4v) is 5.00. The van der Waals surface area contributed by atoms with E-state index in [1.165, 1.54) is 4.88 Å². The maximum absolute atomic E-state index is 12.5. The van der Waals surface area contributed by atoms with Crippen LogP contribution in [-0.2, 0) is 11.3 Å². The van der Waals surface area contributed by atoms with Crippen LogP contribution in [0.3, 0.4) is 0 Å². The van der Waals surface area contributed by atoms with Gasteiger partial charge in [0, 0.05) is 57.2 Å². The van der Waals surface area contributed by atoms with Crippen LogP contribution in [0.5, 0.6) is 0 Å². The van der Waals surface area contributed by atoms with Gasteiger partial charge in [-0.15, -0.1) is 35.0 Å². The molecule has 0 bridgehead atoms. The molecular weight excluding hydrogens is 390 g/mol. The molecule has 1 amide bonds. The number of thiazole rings is 1. The van der Waals surface area contributed by atoms with Gasteiger partial charge in [-0.1, -0.05) is 6.07 Å². The van der Waals surface area contributed by atoms with Crippen molar-refractivity contribution in [1.29, 1.82) is 0 Å². The van der Waals surface area contributed by atoms with Crippen molar-refractivity contribution in [2.75, 3.05) is 26.2 Å². The van der Waals surface area contributed by atoms with E-state index in [4.69, 9.17) is 11.4 Å². The molecular formula is C20H23N5OS2. The van der Waals surface area contributed by atoms with Gasteiger partial charge in [-0.25, -0.2) is 4.98 Å². The van der Waals surface area contributed by atoms with Gasteiger partial charge in [0.05, 0.1) is 17.1 Å². The zero-order valence-electron chi connectivity index (χ0n) is 15.7. The molecule has 1 saturated heterocycles. The number of aromatic nitrogens is 1. The topological polar surface area (TPSA) is 61.2 Å². The Morgan fingerprint density at radius 1 is 1.21 bits per heavy atom. The van der Waals surface area contributed by atoms with Crippen LogP contribution in [0, 0.1) is 12.3 Å². The summed E-state index contributed by atoms with van der Waals surface area (Å²) in [4.78, 5) is 22.8. The van der Waals surface area contributed by atoms with Crippen LogP contribution in [0.1, 0.15) is 30.7 Å². The zero-order valence-corrected chi connectivity index (χ0v) is 17.3. The van der Waals surface area contributed by atoms with Crippen LogP contribution < -0.4 is 0 Å². The predicted molar refractivity (Wildman–Crippen MR) is 112 cm³/mol. The molecule has 2 aliphatic rings. The van der Waals surface area contributed by atoms with E-state index < -0.39 is 0 Å². The lowest BCUT2D eigenvalue weighted by molar-refractivity contribution is -0.133. The third-order valence-electron chi connectivity index (χ3n) is 5.20. The first kappa shape index (κ1) is 19.2. The van der Waals surface area contributed by atoms with Crippen molar-refractivity contribution in [3.63, 3.8) is 0 Å². The average Bonchev–Trinajstić information content (AvgIpc) is 3.10. The number of piperazine rings is 1. The van der Waals surface area contributed by atoms with Gasteiger partial charge >= 0.3 is 0 Å². The van der Waals surface area contributed by atoms with Gasteiger partial charge in [-0.05, 0) is 11.4 Å². The van der Waals surface area contributed by atoms with Crippen LogP contribution in [0.25, 0.3) is 10.6 Å². The second-order valence-electron chi connectivity index (χ2n) is 7.15. The molecule has 146 valence electrons. The Labute approximate surface area is 173 Å². The molecule has 0 unspecified atom stereocenters. The highest BCUT2D eigenvalue weighted by molar-refractivity contribution is 7.14. The maximum Gasteiger partial charge on any atom is 0.222 e. The van der Waals surface area contributed by atoms with Crippen molar-refractivity contribution in [3.8, 4) is 22.9 Å². The van der Waals surface area contributed by atoms with E-state index in [9.17, 15) is 4.79 Å². The first-order valence-corrected chi connectivity index (χ1v) is 11.3. The summed E-state index contributed by atoms with van der Waals surface area (Å²) >= 11 is 3.43. The minimum atomic E-state index is -0.366. The van der Waals surface area contributed by atoms with Crippen molar-refractivity contribution in [1.82, 2.24) is 14.8 Å². The Hall–Kier alpha value is -2.08. The molecule has 4 rings (SSSR count). The fourth-order valence-electron chi connectivity index (χ4n) is 3.40. The molecule has 1 fully saturated rings. The molecule has 0 N–H and O–H groups in total. The lowest BCUT2D eigenvalue weighted by Crippen LogP contribution is -2.48. The molecule has 28 heavy (non-hydrogen) atoms. The van der Waals surface area contributed by atoms with Crippen molar-refractivity contribution in [2.45, 2.75) is 37.9 Å². The van der Waals surface area contributed by atoms with Crippen LogP contribution in [0.15, 0.2) is 33.1 Å². The second-order valence-corrected chi connectivity index (χ2v) is 9.04. The molecule has 0 spiro atoms. The fraction of sp³-hybridized carbons (Fsp3) is 0.500. The van der Waals surface area contributed by atoms with E-state index in [-0.39, 0.29) is 11.6 Å². The van der Waals surface area contributed by atoms with Gasteiger partial charge in [-0.3, -0.25) is 9.69 Å². The van der Waals surface area contributed by atoms with Crippen molar-refractivity contribution in [3.05, 3.63) is 27.9 Å². The van der Waals surface area contributed by atoms with Crippen LogP contribution in [-0.4, -0.2) is 52.5 Å². The van der Waals surface area contributed by atoms with Crippen molar-refractivity contribution < 1.29 is 4.79 Å². The van der Waals surface area contributed by atoms with E-state index in [1.54, 1.807) is 22.7 Å². The lowest BCUT2D eigenvalue weighted by Gasteiger charge is -2.34. The highest BCUT2D eigenvalue weighted by Gasteiger charge is 2.39. The Morgan fingerprint density at radius 3 is 2.71 bits per heavy atom. The Kier molecular flexibility index (Phi) is 5.85. The van der Waals surface area contributed by atoms with Gasteiger partial charge in [-0.2, -0.15) is 10.2 Å². The van der Waals surface area contributed by atoms with E-state index in [0.717, 1.165) is 49.8 Å². The number of hydrogen-bond acceptors (Lipinski definition) is 7. The summed E-state index contributed by atoms with van der Waals surface area (Å²) in [5, 5.41) is 13.6. The molecule has 0 aromatic carbocycles. The van der Waals surface area contributed by atoms with Crippen LogP contribution in [0.2, 0.25) is 0 Å². The molecule has 2 aromatic heterocycles. The summed E-state index contributed by atoms with van der Waals surface area (Å²) in [5.74, 6) is 2.82. The molecule has 0 aliphatic carbocycles. The van der Waals surface area contributed by atoms with Gasteiger partial charge in [0.2, 0.25) is 5.91 Å². The number of hydrogen-bond donors (Lipinski definition) is 0. The summed E-state index contributed by atoms with van der Waals surface area (Å²) in [6, 6.07) is 4.16. The van der Waals surface area contributed by atoms with E-state index in [2.05, 4.69) is 43.9 Å².